The second-order valence-electron chi connectivity index (χ2n) is 3.34. The number of carbonyl (C=O) groups is 1. The van der Waals surface area contributed by atoms with Gasteiger partial charge in [-0.1, -0.05) is 12.1 Å². The van der Waals surface area contributed by atoms with Crippen molar-refractivity contribution in [2.75, 3.05) is 13.7 Å². The molecular formula is C11H13NO2. The maximum atomic E-state index is 11.7. The van der Waals surface area contributed by atoms with Gasteiger partial charge in [0.2, 0.25) is 0 Å². The molecule has 1 aromatic carbocycles. The molecule has 1 aliphatic heterocycles. The SMILES string of the molecule is COc1cccc2c1CNCCC2=O. The molecule has 1 aliphatic rings. The highest BCUT2D eigenvalue weighted by Crippen LogP contribution is 2.24. The summed E-state index contributed by atoms with van der Waals surface area (Å²) < 4.78 is 5.22. The van der Waals surface area contributed by atoms with Crippen LogP contribution in [0, 0.1) is 0 Å². The molecule has 1 N–H and O–H groups in total. The van der Waals surface area contributed by atoms with Gasteiger partial charge in [-0.25, -0.2) is 0 Å². The number of hydrogen-bond donors (Lipinski definition) is 1. The van der Waals surface area contributed by atoms with Gasteiger partial charge in [0.05, 0.1) is 7.11 Å². The monoisotopic (exact) mass is 191 g/mol. The Morgan fingerprint density at radius 2 is 2.29 bits per heavy atom. The van der Waals surface area contributed by atoms with E-state index in [-0.39, 0.29) is 5.78 Å². The smallest absolute Gasteiger partial charge is 0.164 e. The molecule has 0 bridgehead atoms. The van der Waals surface area contributed by atoms with Crippen molar-refractivity contribution in [3.8, 4) is 5.75 Å². The lowest BCUT2D eigenvalue weighted by Crippen LogP contribution is -2.13. The van der Waals surface area contributed by atoms with Crippen LogP contribution in [0.1, 0.15) is 22.3 Å². The molecule has 0 unspecified atom stereocenters. The Labute approximate surface area is 83.1 Å². The molecular weight excluding hydrogens is 178 g/mol. The first-order valence-electron chi connectivity index (χ1n) is 4.72. The summed E-state index contributed by atoms with van der Waals surface area (Å²) in [6, 6.07) is 5.62. The summed E-state index contributed by atoms with van der Waals surface area (Å²) in [5.41, 5.74) is 1.78. The molecule has 0 atom stereocenters. The number of carbonyl (C=O) groups excluding carboxylic acids is 1. The minimum Gasteiger partial charge on any atom is -0.496 e. The average molecular weight is 191 g/mol. The van der Waals surface area contributed by atoms with E-state index >= 15 is 0 Å². The third-order valence-corrected chi connectivity index (χ3v) is 2.48. The maximum absolute atomic E-state index is 11.7. The van der Waals surface area contributed by atoms with Gasteiger partial charge in [-0.3, -0.25) is 4.79 Å². The zero-order valence-electron chi connectivity index (χ0n) is 8.17. The first-order chi connectivity index (χ1) is 6.83. The topological polar surface area (TPSA) is 38.3 Å². The molecule has 0 aliphatic carbocycles. The van der Waals surface area contributed by atoms with Gasteiger partial charge >= 0.3 is 0 Å². The predicted molar refractivity (Wildman–Crippen MR) is 53.6 cm³/mol. The summed E-state index contributed by atoms with van der Waals surface area (Å²) >= 11 is 0. The molecule has 0 fully saturated rings. The van der Waals surface area contributed by atoms with Crippen LogP contribution < -0.4 is 10.1 Å². The van der Waals surface area contributed by atoms with Crippen LogP contribution in [0.15, 0.2) is 18.2 Å². The molecule has 0 amide bonds. The van der Waals surface area contributed by atoms with Crippen molar-refractivity contribution < 1.29 is 9.53 Å². The lowest BCUT2D eigenvalue weighted by Gasteiger charge is -2.09. The van der Waals surface area contributed by atoms with E-state index in [1.807, 2.05) is 18.2 Å². The van der Waals surface area contributed by atoms with Gasteiger partial charge in [0, 0.05) is 30.6 Å². The number of Topliss-reactive ketones (excluding diaryl/α,β-unsaturated/α-hetero) is 1. The maximum Gasteiger partial charge on any atom is 0.164 e. The van der Waals surface area contributed by atoms with Gasteiger partial charge in [0.25, 0.3) is 0 Å². The average Bonchev–Trinajstić information content (AvgIpc) is 2.41. The number of hydrogen-bond acceptors (Lipinski definition) is 3. The Kier molecular flexibility index (Phi) is 2.50. The highest BCUT2D eigenvalue weighted by Gasteiger charge is 2.17. The molecule has 0 radical (unpaired) electrons. The third-order valence-electron chi connectivity index (χ3n) is 2.48. The molecule has 1 heterocycles. The van der Waals surface area contributed by atoms with Crippen molar-refractivity contribution in [2.24, 2.45) is 0 Å². The quantitative estimate of drug-likeness (QED) is 0.728. The Hall–Kier alpha value is -1.35. The Morgan fingerprint density at radius 1 is 1.43 bits per heavy atom. The number of nitrogens with one attached hydrogen (secondary N) is 1. The molecule has 0 aromatic heterocycles. The first-order valence-corrected chi connectivity index (χ1v) is 4.72. The van der Waals surface area contributed by atoms with E-state index in [9.17, 15) is 4.79 Å². The van der Waals surface area contributed by atoms with Crippen LogP contribution in [0.25, 0.3) is 0 Å². The fraction of sp³-hybridized carbons (Fsp3) is 0.364. The molecule has 2 rings (SSSR count). The number of methoxy groups -OCH3 is 1. The summed E-state index contributed by atoms with van der Waals surface area (Å²) in [5, 5.41) is 3.21. The third kappa shape index (κ3) is 1.51. The van der Waals surface area contributed by atoms with Crippen LogP contribution in [0.5, 0.6) is 5.75 Å². The van der Waals surface area contributed by atoms with Crippen LogP contribution in [0.4, 0.5) is 0 Å². The van der Waals surface area contributed by atoms with E-state index in [4.69, 9.17) is 4.74 Å². The van der Waals surface area contributed by atoms with Gasteiger partial charge in [0.1, 0.15) is 5.75 Å². The first kappa shape index (κ1) is 9.21. The van der Waals surface area contributed by atoms with Gasteiger partial charge in [0.15, 0.2) is 5.78 Å². The number of rotatable bonds is 1. The fourth-order valence-electron chi connectivity index (χ4n) is 1.75. The van der Waals surface area contributed by atoms with Gasteiger partial charge in [-0.05, 0) is 6.07 Å². The summed E-state index contributed by atoms with van der Waals surface area (Å²) in [5.74, 6) is 0.995. The Bertz CT molecular complexity index is 360. The molecule has 3 nitrogen and oxygen atoms in total. The van der Waals surface area contributed by atoms with E-state index in [1.165, 1.54) is 0 Å². The van der Waals surface area contributed by atoms with Gasteiger partial charge < -0.3 is 10.1 Å². The van der Waals surface area contributed by atoms with Gasteiger partial charge in [-0.2, -0.15) is 0 Å². The predicted octanol–water partition coefficient (Wildman–Crippen LogP) is 1.37. The van der Waals surface area contributed by atoms with Gasteiger partial charge in [-0.15, -0.1) is 0 Å². The molecule has 0 saturated carbocycles. The van der Waals surface area contributed by atoms with E-state index in [0.717, 1.165) is 23.4 Å². The van der Waals surface area contributed by atoms with Crippen molar-refractivity contribution in [2.45, 2.75) is 13.0 Å². The largest absolute Gasteiger partial charge is 0.496 e. The lowest BCUT2D eigenvalue weighted by atomic mass is 10.0. The van der Waals surface area contributed by atoms with E-state index in [0.29, 0.717) is 13.0 Å². The van der Waals surface area contributed by atoms with Crippen LogP contribution in [-0.4, -0.2) is 19.4 Å². The van der Waals surface area contributed by atoms with Crippen molar-refractivity contribution in [1.29, 1.82) is 0 Å². The molecule has 0 saturated heterocycles. The molecule has 74 valence electrons. The van der Waals surface area contributed by atoms with Crippen LogP contribution in [-0.2, 0) is 6.54 Å². The molecule has 3 heteroatoms. The van der Waals surface area contributed by atoms with Crippen molar-refractivity contribution in [3.63, 3.8) is 0 Å². The van der Waals surface area contributed by atoms with Crippen molar-refractivity contribution in [1.82, 2.24) is 5.32 Å². The number of benzene rings is 1. The molecule has 14 heavy (non-hydrogen) atoms. The highest BCUT2D eigenvalue weighted by molar-refractivity contribution is 5.98. The second kappa shape index (κ2) is 3.80. The fourth-order valence-corrected chi connectivity index (χ4v) is 1.75. The lowest BCUT2D eigenvalue weighted by molar-refractivity contribution is 0.0985. The molecule has 0 spiro atoms. The number of fused-ring (bicyclic) bond motifs is 1. The van der Waals surface area contributed by atoms with Crippen molar-refractivity contribution >= 4 is 5.78 Å². The summed E-state index contributed by atoms with van der Waals surface area (Å²) in [7, 11) is 1.63. The minimum absolute atomic E-state index is 0.198. The van der Waals surface area contributed by atoms with E-state index < -0.39 is 0 Å². The zero-order chi connectivity index (χ0) is 9.97. The highest BCUT2D eigenvalue weighted by atomic mass is 16.5. The van der Waals surface area contributed by atoms with Crippen LogP contribution >= 0.6 is 0 Å². The number of ketones is 1. The van der Waals surface area contributed by atoms with Crippen molar-refractivity contribution in [3.05, 3.63) is 29.3 Å². The normalized spacial score (nSPS) is 15.9. The summed E-state index contributed by atoms with van der Waals surface area (Å²) in [4.78, 5) is 11.7. The standard InChI is InChI=1S/C11H13NO2/c1-14-11-4-2-3-8-9(11)7-12-6-5-10(8)13/h2-4,12H,5-7H2,1H3. The van der Waals surface area contributed by atoms with Crippen LogP contribution in [0.3, 0.4) is 0 Å². The van der Waals surface area contributed by atoms with E-state index in [2.05, 4.69) is 5.32 Å². The summed E-state index contributed by atoms with van der Waals surface area (Å²) in [6.45, 7) is 1.46. The van der Waals surface area contributed by atoms with E-state index in [1.54, 1.807) is 7.11 Å². The minimum atomic E-state index is 0.198. The Morgan fingerprint density at radius 3 is 3.07 bits per heavy atom. The second-order valence-corrected chi connectivity index (χ2v) is 3.34. The van der Waals surface area contributed by atoms with Crippen LogP contribution in [0.2, 0.25) is 0 Å². The summed E-state index contributed by atoms with van der Waals surface area (Å²) in [6.07, 6.45) is 0.570. The molecule has 1 aromatic rings. The Balaban J connectivity index is 2.51. The number of ether oxygens (including phenoxy) is 1. The zero-order valence-corrected chi connectivity index (χ0v) is 8.17.